The highest BCUT2D eigenvalue weighted by atomic mass is 16.5. The third-order valence-corrected chi connectivity index (χ3v) is 3.30. The van der Waals surface area contributed by atoms with Crippen LogP contribution in [0.25, 0.3) is 5.65 Å². The molecule has 0 fully saturated rings. The van der Waals surface area contributed by atoms with Crippen LogP contribution < -0.4 is 4.74 Å². The van der Waals surface area contributed by atoms with Crippen molar-refractivity contribution in [1.29, 1.82) is 0 Å². The van der Waals surface area contributed by atoms with Crippen LogP contribution in [0, 0.1) is 6.92 Å². The van der Waals surface area contributed by atoms with Gasteiger partial charge in [0.15, 0.2) is 5.65 Å². The molecule has 3 rings (SSSR count). The van der Waals surface area contributed by atoms with Crippen molar-refractivity contribution < 1.29 is 4.74 Å². The highest BCUT2D eigenvalue weighted by Gasteiger charge is 2.08. The van der Waals surface area contributed by atoms with Gasteiger partial charge < -0.3 is 4.74 Å². The SMILES string of the molecule is COc1ccn2c(Cc3ccccc3C)nnc2c1. The summed E-state index contributed by atoms with van der Waals surface area (Å²) >= 11 is 0. The lowest BCUT2D eigenvalue weighted by Crippen LogP contribution is -1.98. The van der Waals surface area contributed by atoms with Crippen molar-refractivity contribution in [3.63, 3.8) is 0 Å². The van der Waals surface area contributed by atoms with Gasteiger partial charge in [-0.05, 0) is 24.1 Å². The van der Waals surface area contributed by atoms with E-state index in [1.165, 1.54) is 11.1 Å². The van der Waals surface area contributed by atoms with Crippen molar-refractivity contribution in [1.82, 2.24) is 14.6 Å². The first-order valence-corrected chi connectivity index (χ1v) is 6.20. The number of nitrogens with zero attached hydrogens (tertiary/aromatic N) is 3. The van der Waals surface area contributed by atoms with Gasteiger partial charge in [0.05, 0.1) is 7.11 Å². The van der Waals surface area contributed by atoms with Gasteiger partial charge in [0.2, 0.25) is 0 Å². The highest BCUT2D eigenvalue weighted by molar-refractivity contribution is 5.44. The number of pyridine rings is 1. The average molecular weight is 253 g/mol. The molecular formula is C15H15N3O. The largest absolute Gasteiger partial charge is 0.497 e. The molecule has 0 aliphatic carbocycles. The van der Waals surface area contributed by atoms with Crippen LogP contribution in [0.5, 0.6) is 5.75 Å². The summed E-state index contributed by atoms with van der Waals surface area (Å²) in [6.45, 7) is 2.11. The Balaban J connectivity index is 2.00. The van der Waals surface area contributed by atoms with Crippen LogP contribution in [0.1, 0.15) is 17.0 Å². The smallest absolute Gasteiger partial charge is 0.164 e. The normalized spacial score (nSPS) is 10.8. The van der Waals surface area contributed by atoms with Gasteiger partial charge >= 0.3 is 0 Å². The Hall–Kier alpha value is -2.36. The van der Waals surface area contributed by atoms with E-state index < -0.39 is 0 Å². The third kappa shape index (κ3) is 2.17. The van der Waals surface area contributed by atoms with Crippen LogP contribution >= 0.6 is 0 Å². The molecule has 0 saturated carbocycles. The van der Waals surface area contributed by atoms with Gasteiger partial charge in [0.25, 0.3) is 0 Å². The third-order valence-electron chi connectivity index (χ3n) is 3.30. The summed E-state index contributed by atoms with van der Waals surface area (Å²) in [6.07, 6.45) is 2.72. The molecule has 1 aromatic carbocycles. The predicted molar refractivity (Wildman–Crippen MR) is 73.5 cm³/mol. The monoisotopic (exact) mass is 253 g/mol. The molecule has 0 N–H and O–H groups in total. The van der Waals surface area contributed by atoms with E-state index in [-0.39, 0.29) is 0 Å². The molecule has 0 aliphatic heterocycles. The van der Waals surface area contributed by atoms with Gasteiger partial charge in [-0.2, -0.15) is 0 Å². The van der Waals surface area contributed by atoms with Gasteiger partial charge in [0.1, 0.15) is 11.6 Å². The number of rotatable bonds is 3. The van der Waals surface area contributed by atoms with Crippen molar-refractivity contribution in [2.45, 2.75) is 13.3 Å². The maximum Gasteiger partial charge on any atom is 0.164 e. The minimum atomic E-state index is 0.778. The number of methoxy groups -OCH3 is 1. The zero-order valence-corrected chi connectivity index (χ0v) is 11.0. The Kier molecular flexibility index (Phi) is 2.91. The van der Waals surface area contributed by atoms with E-state index in [9.17, 15) is 0 Å². The summed E-state index contributed by atoms with van der Waals surface area (Å²) in [7, 11) is 1.65. The second-order valence-electron chi connectivity index (χ2n) is 4.51. The Labute approximate surface area is 111 Å². The van der Waals surface area contributed by atoms with Crippen molar-refractivity contribution in [3.05, 3.63) is 59.5 Å². The van der Waals surface area contributed by atoms with E-state index in [1.54, 1.807) is 7.11 Å². The van der Waals surface area contributed by atoms with E-state index in [2.05, 4.69) is 35.3 Å². The van der Waals surface area contributed by atoms with Crippen LogP contribution in [0.2, 0.25) is 0 Å². The minimum Gasteiger partial charge on any atom is -0.497 e. The summed E-state index contributed by atoms with van der Waals surface area (Å²) in [5.41, 5.74) is 3.35. The predicted octanol–water partition coefficient (Wildman–Crippen LogP) is 2.64. The molecule has 4 heteroatoms. The fraction of sp³-hybridized carbons (Fsp3) is 0.200. The molecule has 96 valence electrons. The molecule has 0 bridgehead atoms. The Morgan fingerprint density at radius 2 is 2.00 bits per heavy atom. The molecule has 2 heterocycles. The van der Waals surface area contributed by atoms with E-state index in [0.29, 0.717) is 0 Å². The zero-order chi connectivity index (χ0) is 13.2. The highest BCUT2D eigenvalue weighted by Crippen LogP contribution is 2.16. The lowest BCUT2D eigenvalue weighted by atomic mass is 10.1. The minimum absolute atomic E-state index is 0.778. The molecule has 0 atom stereocenters. The molecule has 0 spiro atoms. The van der Waals surface area contributed by atoms with Crippen molar-refractivity contribution in [3.8, 4) is 5.75 Å². The van der Waals surface area contributed by atoms with Crippen LogP contribution in [0.3, 0.4) is 0 Å². The van der Waals surface area contributed by atoms with E-state index in [4.69, 9.17) is 4.74 Å². The van der Waals surface area contributed by atoms with E-state index in [0.717, 1.165) is 23.6 Å². The van der Waals surface area contributed by atoms with E-state index >= 15 is 0 Å². The average Bonchev–Trinajstić information content (AvgIpc) is 2.83. The number of benzene rings is 1. The molecule has 19 heavy (non-hydrogen) atoms. The molecular weight excluding hydrogens is 238 g/mol. The number of aryl methyl sites for hydroxylation is 1. The summed E-state index contributed by atoms with van der Waals surface area (Å²) in [6, 6.07) is 12.1. The molecule has 0 radical (unpaired) electrons. The van der Waals surface area contributed by atoms with Crippen LogP contribution in [0.15, 0.2) is 42.6 Å². The van der Waals surface area contributed by atoms with Gasteiger partial charge in [-0.15, -0.1) is 10.2 Å². The summed E-state index contributed by atoms with van der Waals surface area (Å²) in [4.78, 5) is 0. The molecule has 0 amide bonds. The first-order valence-electron chi connectivity index (χ1n) is 6.20. The molecule has 0 unspecified atom stereocenters. The Bertz CT molecular complexity index is 718. The topological polar surface area (TPSA) is 39.4 Å². The quantitative estimate of drug-likeness (QED) is 0.720. The maximum atomic E-state index is 5.19. The number of fused-ring (bicyclic) bond motifs is 1. The van der Waals surface area contributed by atoms with Crippen LogP contribution in [0.4, 0.5) is 0 Å². The standard InChI is InChI=1S/C15H15N3O/c1-11-5-3-4-6-12(11)9-14-16-17-15-10-13(19-2)7-8-18(14)15/h3-8,10H,9H2,1-2H3. The van der Waals surface area contributed by atoms with Gasteiger partial charge in [-0.25, -0.2) is 0 Å². The number of hydrogen-bond donors (Lipinski definition) is 0. The maximum absolute atomic E-state index is 5.19. The first kappa shape index (κ1) is 11.7. The number of ether oxygens (including phenoxy) is 1. The molecule has 4 nitrogen and oxygen atoms in total. The summed E-state index contributed by atoms with van der Waals surface area (Å²) < 4.78 is 7.18. The molecule has 3 aromatic rings. The fourth-order valence-electron chi connectivity index (χ4n) is 2.15. The molecule has 2 aromatic heterocycles. The van der Waals surface area contributed by atoms with Crippen LogP contribution in [-0.4, -0.2) is 21.7 Å². The second-order valence-corrected chi connectivity index (χ2v) is 4.51. The first-order chi connectivity index (χ1) is 9.28. The van der Waals surface area contributed by atoms with Gasteiger partial charge in [0, 0.05) is 18.7 Å². The number of aromatic nitrogens is 3. The Morgan fingerprint density at radius 1 is 1.16 bits per heavy atom. The molecule has 0 saturated heterocycles. The lowest BCUT2D eigenvalue weighted by molar-refractivity contribution is 0.414. The van der Waals surface area contributed by atoms with E-state index in [1.807, 2.05) is 28.8 Å². The number of hydrogen-bond acceptors (Lipinski definition) is 3. The second kappa shape index (κ2) is 4.72. The molecule has 0 aliphatic rings. The van der Waals surface area contributed by atoms with Gasteiger partial charge in [-0.1, -0.05) is 24.3 Å². The summed E-state index contributed by atoms with van der Waals surface area (Å²) in [5.74, 6) is 1.73. The lowest BCUT2D eigenvalue weighted by Gasteiger charge is -2.04. The van der Waals surface area contributed by atoms with Crippen molar-refractivity contribution in [2.24, 2.45) is 0 Å². The van der Waals surface area contributed by atoms with Crippen molar-refractivity contribution in [2.75, 3.05) is 7.11 Å². The zero-order valence-electron chi connectivity index (χ0n) is 11.0. The van der Waals surface area contributed by atoms with Gasteiger partial charge in [-0.3, -0.25) is 4.40 Å². The fourth-order valence-corrected chi connectivity index (χ4v) is 2.15. The van der Waals surface area contributed by atoms with Crippen molar-refractivity contribution >= 4 is 5.65 Å². The van der Waals surface area contributed by atoms with Crippen LogP contribution in [-0.2, 0) is 6.42 Å². The summed E-state index contributed by atoms with van der Waals surface area (Å²) in [5, 5.41) is 8.45. The Morgan fingerprint density at radius 3 is 2.79 bits per heavy atom.